The quantitative estimate of drug-likeness (QED) is 0.604. The Balaban J connectivity index is 2.38. The first-order valence-corrected chi connectivity index (χ1v) is 8.01. The fourth-order valence-electron chi connectivity index (χ4n) is 2.41. The molecule has 3 aromatic rings. The van der Waals surface area contributed by atoms with Gasteiger partial charge in [-0.05, 0) is 47.1 Å². The molecular formula is C15H12Br2FN3. The van der Waals surface area contributed by atoms with Crippen LogP contribution in [0.15, 0.2) is 39.3 Å². The zero-order valence-corrected chi connectivity index (χ0v) is 14.4. The summed E-state index contributed by atoms with van der Waals surface area (Å²) in [6, 6.07) is 8.74. The highest BCUT2D eigenvalue weighted by Crippen LogP contribution is 2.36. The van der Waals surface area contributed by atoms with Crippen LogP contribution in [0.1, 0.15) is 6.92 Å². The lowest BCUT2D eigenvalue weighted by atomic mass is 10.1. The van der Waals surface area contributed by atoms with Gasteiger partial charge in [0.2, 0.25) is 0 Å². The van der Waals surface area contributed by atoms with Crippen molar-refractivity contribution in [3.8, 4) is 11.4 Å². The first-order chi connectivity index (χ1) is 10.0. The molecule has 0 aliphatic carbocycles. The van der Waals surface area contributed by atoms with E-state index in [-0.39, 0.29) is 5.82 Å². The molecule has 108 valence electrons. The van der Waals surface area contributed by atoms with Crippen molar-refractivity contribution in [1.29, 1.82) is 0 Å². The van der Waals surface area contributed by atoms with Gasteiger partial charge in [0.05, 0.1) is 11.2 Å². The van der Waals surface area contributed by atoms with Crippen molar-refractivity contribution < 1.29 is 4.39 Å². The molecule has 2 aromatic carbocycles. The Labute approximate surface area is 138 Å². The Hall–Kier alpha value is -1.40. The van der Waals surface area contributed by atoms with Crippen LogP contribution in [-0.4, -0.2) is 9.55 Å². The minimum Gasteiger partial charge on any atom is -0.397 e. The molecule has 1 heterocycles. The van der Waals surface area contributed by atoms with Crippen molar-refractivity contribution in [2.24, 2.45) is 0 Å². The smallest absolute Gasteiger partial charge is 0.151 e. The molecule has 0 radical (unpaired) electrons. The fourth-order valence-corrected chi connectivity index (χ4v) is 3.63. The highest BCUT2D eigenvalue weighted by atomic mass is 79.9. The minimum absolute atomic E-state index is 0.325. The van der Waals surface area contributed by atoms with Crippen LogP contribution >= 0.6 is 31.9 Å². The average Bonchev–Trinajstić information content (AvgIpc) is 2.82. The summed E-state index contributed by atoms with van der Waals surface area (Å²) < 4.78 is 17.6. The van der Waals surface area contributed by atoms with Crippen molar-refractivity contribution in [2.75, 3.05) is 5.73 Å². The molecule has 3 rings (SSSR count). The van der Waals surface area contributed by atoms with E-state index in [9.17, 15) is 4.39 Å². The number of para-hydroxylation sites is 1. The molecule has 0 bridgehead atoms. The normalized spacial score (nSPS) is 11.2. The zero-order chi connectivity index (χ0) is 15.1. The van der Waals surface area contributed by atoms with E-state index in [0.29, 0.717) is 23.6 Å². The van der Waals surface area contributed by atoms with Crippen LogP contribution in [0.3, 0.4) is 0 Å². The van der Waals surface area contributed by atoms with Gasteiger partial charge in [0, 0.05) is 21.1 Å². The van der Waals surface area contributed by atoms with E-state index < -0.39 is 0 Å². The molecule has 0 atom stereocenters. The highest BCUT2D eigenvalue weighted by molar-refractivity contribution is 9.11. The van der Waals surface area contributed by atoms with E-state index in [0.717, 1.165) is 20.0 Å². The van der Waals surface area contributed by atoms with Gasteiger partial charge in [0.15, 0.2) is 5.82 Å². The number of aromatic nitrogens is 2. The van der Waals surface area contributed by atoms with Gasteiger partial charge in [-0.25, -0.2) is 9.37 Å². The van der Waals surface area contributed by atoms with Gasteiger partial charge in [-0.3, -0.25) is 0 Å². The number of aryl methyl sites for hydroxylation is 1. The van der Waals surface area contributed by atoms with Gasteiger partial charge >= 0.3 is 0 Å². The number of hydrogen-bond donors (Lipinski definition) is 1. The molecule has 0 aliphatic rings. The van der Waals surface area contributed by atoms with Crippen molar-refractivity contribution >= 4 is 48.6 Å². The predicted octanol–water partition coefficient (Wildman–Crippen LogP) is 4.97. The van der Waals surface area contributed by atoms with Crippen LogP contribution in [0.5, 0.6) is 0 Å². The standard InChI is InChI=1S/C15H12Br2FN3/c1-2-21-12-5-3-4-11(18)14(12)20-15(21)9-6-8(16)7-10(17)13(9)19/h3-7H,2,19H2,1H3. The molecule has 0 fully saturated rings. The van der Waals surface area contributed by atoms with Crippen molar-refractivity contribution in [2.45, 2.75) is 13.5 Å². The number of imidazole rings is 1. The lowest BCUT2D eigenvalue weighted by Gasteiger charge is -2.10. The first kappa shape index (κ1) is 14.5. The van der Waals surface area contributed by atoms with Crippen LogP contribution in [0.4, 0.5) is 10.1 Å². The number of nitrogen functional groups attached to an aromatic ring is 1. The molecule has 2 N–H and O–H groups in total. The highest BCUT2D eigenvalue weighted by Gasteiger charge is 2.17. The third kappa shape index (κ3) is 2.36. The number of benzene rings is 2. The van der Waals surface area contributed by atoms with E-state index in [1.165, 1.54) is 6.07 Å². The van der Waals surface area contributed by atoms with Gasteiger partial charge in [-0.2, -0.15) is 0 Å². The summed E-state index contributed by atoms with van der Waals surface area (Å²) in [6.07, 6.45) is 0. The Bertz CT molecular complexity index is 843. The number of nitrogens with two attached hydrogens (primary N) is 1. The van der Waals surface area contributed by atoms with E-state index in [4.69, 9.17) is 5.73 Å². The van der Waals surface area contributed by atoms with Gasteiger partial charge in [0.1, 0.15) is 11.3 Å². The summed E-state index contributed by atoms with van der Waals surface area (Å²) in [6.45, 7) is 2.68. The Morgan fingerprint density at radius 2 is 2.05 bits per heavy atom. The SMILES string of the molecule is CCn1c(-c2cc(Br)cc(Br)c2N)nc2c(F)cccc21. The van der Waals surface area contributed by atoms with Crippen LogP contribution < -0.4 is 5.73 Å². The van der Waals surface area contributed by atoms with E-state index in [1.54, 1.807) is 6.07 Å². The molecular weight excluding hydrogens is 401 g/mol. The molecule has 0 saturated heterocycles. The van der Waals surface area contributed by atoms with E-state index in [1.807, 2.05) is 29.7 Å². The third-order valence-corrected chi connectivity index (χ3v) is 4.50. The second-order valence-corrected chi connectivity index (χ2v) is 6.41. The van der Waals surface area contributed by atoms with Crippen LogP contribution in [0.2, 0.25) is 0 Å². The summed E-state index contributed by atoms with van der Waals surface area (Å²) in [5.74, 6) is 0.339. The summed E-state index contributed by atoms with van der Waals surface area (Å²) in [4.78, 5) is 4.46. The number of rotatable bonds is 2. The molecule has 0 saturated carbocycles. The number of hydrogen-bond acceptors (Lipinski definition) is 2. The Morgan fingerprint density at radius 1 is 1.29 bits per heavy atom. The minimum atomic E-state index is -0.325. The topological polar surface area (TPSA) is 43.8 Å². The van der Waals surface area contributed by atoms with Gasteiger partial charge in [-0.15, -0.1) is 0 Å². The number of nitrogens with zero attached hydrogens (tertiary/aromatic N) is 2. The largest absolute Gasteiger partial charge is 0.397 e. The average molecular weight is 413 g/mol. The first-order valence-electron chi connectivity index (χ1n) is 6.42. The van der Waals surface area contributed by atoms with E-state index in [2.05, 4.69) is 36.8 Å². The van der Waals surface area contributed by atoms with Gasteiger partial charge < -0.3 is 10.3 Å². The summed E-state index contributed by atoms with van der Waals surface area (Å²) in [5, 5.41) is 0. The van der Waals surface area contributed by atoms with Crippen molar-refractivity contribution in [3.63, 3.8) is 0 Å². The molecule has 0 spiro atoms. The third-order valence-electron chi connectivity index (χ3n) is 3.38. The second-order valence-electron chi connectivity index (χ2n) is 4.64. The van der Waals surface area contributed by atoms with E-state index >= 15 is 0 Å². The Morgan fingerprint density at radius 3 is 2.76 bits per heavy atom. The maximum Gasteiger partial charge on any atom is 0.151 e. The summed E-state index contributed by atoms with van der Waals surface area (Å²) in [5.41, 5.74) is 8.64. The van der Waals surface area contributed by atoms with Gasteiger partial charge in [-0.1, -0.05) is 22.0 Å². The lowest BCUT2D eigenvalue weighted by Crippen LogP contribution is -2.00. The molecule has 0 amide bonds. The monoisotopic (exact) mass is 411 g/mol. The summed E-state index contributed by atoms with van der Waals surface area (Å²) in [7, 11) is 0. The molecule has 6 heteroatoms. The summed E-state index contributed by atoms with van der Waals surface area (Å²) >= 11 is 6.89. The van der Waals surface area contributed by atoms with Crippen molar-refractivity contribution in [3.05, 3.63) is 45.1 Å². The maximum absolute atomic E-state index is 14.0. The second kappa shape index (κ2) is 5.42. The van der Waals surface area contributed by atoms with Crippen LogP contribution in [0, 0.1) is 5.82 Å². The molecule has 21 heavy (non-hydrogen) atoms. The molecule has 0 unspecified atom stereocenters. The van der Waals surface area contributed by atoms with Crippen LogP contribution in [-0.2, 0) is 6.54 Å². The lowest BCUT2D eigenvalue weighted by molar-refractivity contribution is 0.637. The number of fused-ring (bicyclic) bond motifs is 1. The molecule has 0 aliphatic heterocycles. The maximum atomic E-state index is 14.0. The zero-order valence-electron chi connectivity index (χ0n) is 11.2. The van der Waals surface area contributed by atoms with Gasteiger partial charge in [0.25, 0.3) is 0 Å². The molecule has 3 nitrogen and oxygen atoms in total. The van der Waals surface area contributed by atoms with Crippen molar-refractivity contribution in [1.82, 2.24) is 9.55 Å². The number of anilines is 1. The fraction of sp³-hybridized carbons (Fsp3) is 0.133. The predicted molar refractivity (Wildman–Crippen MR) is 90.6 cm³/mol. The van der Waals surface area contributed by atoms with Crippen LogP contribution in [0.25, 0.3) is 22.4 Å². The molecule has 1 aromatic heterocycles. The Kier molecular flexibility index (Phi) is 3.75. The number of halogens is 3.